The number of amides is 1. The van der Waals surface area contributed by atoms with Gasteiger partial charge in [0.2, 0.25) is 5.91 Å². The van der Waals surface area contributed by atoms with Crippen molar-refractivity contribution in [2.24, 2.45) is 0 Å². The molecule has 7 nitrogen and oxygen atoms in total. The zero-order valence-electron chi connectivity index (χ0n) is 17.5. The molecule has 160 valence electrons. The Kier molecular flexibility index (Phi) is 6.02. The number of carboxylic acid groups (broad SMARTS) is 1. The third kappa shape index (κ3) is 4.60. The number of piperazine rings is 1. The van der Waals surface area contributed by atoms with Gasteiger partial charge in [0.05, 0.1) is 11.1 Å². The first kappa shape index (κ1) is 20.7. The highest BCUT2D eigenvalue weighted by atomic mass is 16.4. The number of anilines is 3. The second kappa shape index (κ2) is 9.04. The van der Waals surface area contributed by atoms with Crippen LogP contribution in [0.4, 0.5) is 17.2 Å². The van der Waals surface area contributed by atoms with Crippen molar-refractivity contribution in [2.45, 2.75) is 19.8 Å². The number of hydrogen-bond acceptors (Lipinski definition) is 5. The van der Waals surface area contributed by atoms with E-state index in [9.17, 15) is 14.7 Å². The molecule has 2 heterocycles. The first-order valence-corrected chi connectivity index (χ1v) is 10.6. The molecule has 0 radical (unpaired) electrons. The smallest absolute Gasteiger partial charge is 0.336 e. The molecule has 0 bridgehead atoms. The highest BCUT2D eigenvalue weighted by molar-refractivity contribution is 6.05. The molecule has 1 fully saturated rings. The molecule has 0 spiro atoms. The maximum Gasteiger partial charge on any atom is 0.336 e. The lowest BCUT2D eigenvalue weighted by Crippen LogP contribution is -2.46. The topological polar surface area (TPSA) is 85.8 Å². The van der Waals surface area contributed by atoms with Crippen molar-refractivity contribution in [3.8, 4) is 0 Å². The summed E-state index contributed by atoms with van der Waals surface area (Å²) >= 11 is 0. The van der Waals surface area contributed by atoms with E-state index in [1.54, 1.807) is 24.3 Å². The number of pyridine rings is 1. The Bertz CT molecular complexity index is 1090. The summed E-state index contributed by atoms with van der Waals surface area (Å²) in [5.41, 5.74) is 2.57. The molecule has 3 aromatic rings. The van der Waals surface area contributed by atoms with Crippen molar-refractivity contribution in [3.05, 3.63) is 60.2 Å². The number of benzene rings is 2. The Morgan fingerprint density at radius 3 is 2.39 bits per heavy atom. The first-order valence-electron chi connectivity index (χ1n) is 10.6. The minimum Gasteiger partial charge on any atom is -0.478 e. The van der Waals surface area contributed by atoms with Gasteiger partial charge in [-0.3, -0.25) is 4.79 Å². The Morgan fingerprint density at radius 2 is 1.71 bits per heavy atom. The minimum absolute atomic E-state index is 0.0837. The van der Waals surface area contributed by atoms with E-state index < -0.39 is 5.97 Å². The first-order chi connectivity index (χ1) is 15.0. The number of para-hydroxylation sites is 1. The van der Waals surface area contributed by atoms with E-state index in [0.29, 0.717) is 28.8 Å². The third-order valence-corrected chi connectivity index (χ3v) is 5.51. The van der Waals surface area contributed by atoms with Crippen LogP contribution in [0.1, 0.15) is 30.1 Å². The van der Waals surface area contributed by atoms with E-state index in [0.717, 1.165) is 32.6 Å². The fraction of sp³-hybridized carbons (Fsp3) is 0.292. The van der Waals surface area contributed by atoms with Crippen LogP contribution in [0.25, 0.3) is 10.9 Å². The molecule has 1 saturated heterocycles. The average molecular weight is 418 g/mol. The molecule has 0 unspecified atom stereocenters. The maximum atomic E-state index is 12.0. The number of hydrogen-bond donors (Lipinski definition) is 2. The summed E-state index contributed by atoms with van der Waals surface area (Å²) in [5, 5.41) is 13.2. The van der Waals surface area contributed by atoms with E-state index >= 15 is 0 Å². The Labute approximate surface area is 181 Å². The fourth-order valence-electron chi connectivity index (χ4n) is 3.91. The third-order valence-electron chi connectivity index (χ3n) is 5.51. The van der Waals surface area contributed by atoms with Gasteiger partial charge in [0.25, 0.3) is 0 Å². The van der Waals surface area contributed by atoms with Crippen LogP contribution in [0.5, 0.6) is 0 Å². The predicted octanol–water partition coefficient (Wildman–Crippen LogP) is 4.00. The average Bonchev–Trinajstić information content (AvgIpc) is 2.79. The number of carboxylic acids is 1. The van der Waals surface area contributed by atoms with E-state index in [4.69, 9.17) is 4.98 Å². The molecular formula is C24H26N4O3. The van der Waals surface area contributed by atoms with Gasteiger partial charge in [0.15, 0.2) is 0 Å². The summed E-state index contributed by atoms with van der Waals surface area (Å²) in [4.78, 5) is 33.1. The van der Waals surface area contributed by atoms with Crippen LogP contribution in [0.3, 0.4) is 0 Å². The van der Waals surface area contributed by atoms with Gasteiger partial charge >= 0.3 is 5.97 Å². The summed E-state index contributed by atoms with van der Waals surface area (Å²) in [6, 6.07) is 17.1. The molecule has 4 rings (SSSR count). The largest absolute Gasteiger partial charge is 0.478 e. The summed E-state index contributed by atoms with van der Waals surface area (Å²) in [5.74, 6) is -0.423. The van der Waals surface area contributed by atoms with Crippen molar-refractivity contribution < 1.29 is 14.7 Å². The lowest BCUT2D eigenvalue weighted by Gasteiger charge is -2.37. The van der Waals surface area contributed by atoms with Crippen LogP contribution < -0.4 is 15.1 Å². The van der Waals surface area contributed by atoms with Gasteiger partial charge in [-0.25, -0.2) is 9.78 Å². The second-order valence-corrected chi connectivity index (χ2v) is 7.67. The Balaban J connectivity index is 1.58. The zero-order valence-corrected chi connectivity index (χ0v) is 17.5. The predicted molar refractivity (Wildman–Crippen MR) is 123 cm³/mol. The highest BCUT2D eigenvalue weighted by Gasteiger charge is 2.21. The molecular weight excluding hydrogens is 392 g/mol. The second-order valence-electron chi connectivity index (χ2n) is 7.67. The molecule has 31 heavy (non-hydrogen) atoms. The van der Waals surface area contributed by atoms with E-state index in [-0.39, 0.29) is 11.5 Å². The van der Waals surface area contributed by atoms with Crippen molar-refractivity contribution in [1.82, 2.24) is 4.98 Å². The molecule has 0 saturated carbocycles. The number of carbonyl (C=O) groups excluding carboxylic acids is 1. The molecule has 7 heteroatoms. The molecule has 1 aliphatic heterocycles. The summed E-state index contributed by atoms with van der Waals surface area (Å²) < 4.78 is 0. The minimum atomic E-state index is -1.01. The number of fused-ring (bicyclic) bond motifs is 1. The van der Waals surface area contributed by atoms with Crippen molar-refractivity contribution in [1.29, 1.82) is 0 Å². The fourth-order valence-corrected chi connectivity index (χ4v) is 3.91. The molecule has 0 aliphatic carbocycles. The van der Waals surface area contributed by atoms with E-state index in [2.05, 4.69) is 27.2 Å². The monoisotopic (exact) mass is 418 g/mol. The molecule has 1 amide bonds. The van der Waals surface area contributed by atoms with E-state index in [1.807, 2.05) is 25.1 Å². The molecule has 1 aromatic heterocycles. The van der Waals surface area contributed by atoms with Gasteiger partial charge in [-0.15, -0.1) is 0 Å². The number of rotatable bonds is 6. The Morgan fingerprint density at radius 1 is 1.00 bits per heavy atom. The highest BCUT2D eigenvalue weighted by Crippen LogP contribution is 2.27. The van der Waals surface area contributed by atoms with Gasteiger partial charge in [-0.1, -0.05) is 25.1 Å². The van der Waals surface area contributed by atoms with Crippen molar-refractivity contribution >= 4 is 40.0 Å². The lowest BCUT2D eigenvalue weighted by molar-refractivity contribution is -0.116. The number of aromatic nitrogens is 1. The van der Waals surface area contributed by atoms with Gasteiger partial charge in [0, 0.05) is 49.4 Å². The van der Waals surface area contributed by atoms with Gasteiger partial charge < -0.3 is 20.2 Å². The van der Waals surface area contributed by atoms with Crippen LogP contribution in [0, 0.1) is 0 Å². The molecule has 2 N–H and O–H groups in total. The van der Waals surface area contributed by atoms with Crippen LogP contribution >= 0.6 is 0 Å². The molecule has 2 aromatic carbocycles. The number of nitrogens with one attached hydrogen (secondary N) is 1. The zero-order chi connectivity index (χ0) is 21.8. The van der Waals surface area contributed by atoms with Crippen LogP contribution in [-0.4, -0.2) is 48.1 Å². The van der Waals surface area contributed by atoms with Crippen molar-refractivity contribution in [2.75, 3.05) is 41.3 Å². The lowest BCUT2D eigenvalue weighted by atomic mass is 10.1. The van der Waals surface area contributed by atoms with Gasteiger partial charge in [0.1, 0.15) is 5.82 Å². The Hall–Kier alpha value is -3.61. The summed E-state index contributed by atoms with van der Waals surface area (Å²) in [7, 11) is 0. The SMILES string of the molecule is CCCC(=O)Nc1ccc2nc(N3CCN(c4ccccc4)CC3)cc(C(=O)O)c2c1. The molecule has 1 aliphatic rings. The maximum absolute atomic E-state index is 12.0. The van der Waals surface area contributed by atoms with Crippen LogP contribution in [-0.2, 0) is 4.79 Å². The number of aromatic carboxylic acids is 1. The molecule has 0 atom stereocenters. The van der Waals surface area contributed by atoms with E-state index in [1.165, 1.54) is 5.69 Å². The van der Waals surface area contributed by atoms with Crippen LogP contribution in [0.15, 0.2) is 54.6 Å². The normalized spacial score (nSPS) is 14.0. The summed E-state index contributed by atoms with van der Waals surface area (Å²) in [6.07, 6.45) is 1.18. The van der Waals surface area contributed by atoms with Crippen molar-refractivity contribution in [3.63, 3.8) is 0 Å². The number of nitrogens with zero attached hydrogens (tertiary/aromatic N) is 3. The van der Waals surface area contributed by atoms with Gasteiger partial charge in [-0.05, 0) is 42.8 Å². The number of carbonyl (C=O) groups is 2. The quantitative estimate of drug-likeness (QED) is 0.629. The van der Waals surface area contributed by atoms with Crippen LogP contribution in [0.2, 0.25) is 0 Å². The standard InChI is InChI=1S/C24H26N4O3/c1-2-6-23(29)25-17-9-10-21-19(15-17)20(24(30)31)16-22(26-21)28-13-11-27(12-14-28)18-7-4-3-5-8-18/h3-5,7-10,15-16H,2,6,11-14H2,1H3,(H,25,29)(H,30,31). The summed E-state index contributed by atoms with van der Waals surface area (Å²) in [6.45, 7) is 5.14. The van der Waals surface area contributed by atoms with Gasteiger partial charge in [-0.2, -0.15) is 0 Å².